The van der Waals surface area contributed by atoms with E-state index in [1.165, 1.54) is 12.6 Å². The van der Waals surface area contributed by atoms with Crippen LogP contribution in [0.3, 0.4) is 0 Å². The van der Waals surface area contributed by atoms with Crippen LogP contribution in [0.25, 0.3) is 0 Å². The lowest BCUT2D eigenvalue weighted by Crippen LogP contribution is -2.46. The number of hydrogen-bond acceptors (Lipinski definition) is 6. The van der Waals surface area contributed by atoms with Crippen LogP contribution in [0.15, 0.2) is 12.4 Å². The number of rotatable bonds is 11. The molecule has 1 atom stereocenters. The highest BCUT2D eigenvalue weighted by molar-refractivity contribution is 6.00. The topological polar surface area (TPSA) is 160 Å². The summed E-state index contributed by atoms with van der Waals surface area (Å²) < 4.78 is 0. The third kappa shape index (κ3) is 7.29. The number of carboxylic acid groups (broad SMARTS) is 1. The van der Waals surface area contributed by atoms with Gasteiger partial charge in [-0.1, -0.05) is 32.1 Å². The lowest BCUT2D eigenvalue weighted by atomic mass is 9.84. The molecule has 1 aliphatic carbocycles. The van der Waals surface area contributed by atoms with Crippen molar-refractivity contribution < 1.29 is 19.5 Å². The van der Waals surface area contributed by atoms with Crippen LogP contribution in [-0.2, 0) is 9.59 Å². The summed E-state index contributed by atoms with van der Waals surface area (Å²) in [5, 5.41) is 14.6. The van der Waals surface area contributed by atoms with Crippen LogP contribution in [0.4, 0.5) is 11.4 Å². The predicted octanol–water partition coefficient (Wildman–Crippen LogP) is 2.27. The van der Waals surface area contributed by atoms with E-state index < -0.39 is 12.0 Å². The number of aromatic carboxylic acids is 1. The standard InChI is InChI=1S/C21H33N5O4/c22-18(14-8-4-3-5-9-14)20(28)25-11-7-2-1-6-10-17(27)26-16-13-24-12-15(19(16)23)21(29)30/h12-14,18H,1-11,22H2,(H2,23,24)(H,25,28)(H,26,27)(H,29,30)/t18-/m0/s1. The fourth-order valence-electron chi connectivity index (χ4n) is 3.75. The first-order chi connectivity index (χ1) is 14.4. The maximum Gasteiger partial charge on any atom is 0.339 e. The van der Waals surface area contributed by atoms with E-state index in [0.717, 1.165) is 51.1 Å². The second kappa shape index (κ2) is 12.1. The van der Waals surface area contributed by atoms with E-state index in [4.69, 9.17) is 16.6 Å². The van der Waals surface area contributed by atoms with Gasteiger partial charge in [-0.3, -0.25) is 14.6 Å². The molecule has 166 valence electrons. The highest BCUT2D eigenvalue weighted by Crippen LogP contribution is 2.25. The minimum Gasteiger partial charge on any atom is -0.478 e. The molecule has 2 amide bonds. The van der Waals surface area contributed by atoms with Gasteiger partial charge in [0.25, 0.3) is 0 Å². The lowest BCUT2D eigenvalue weighted by molar-refractivity contribution is -0.123. The second-order valence-corrected chi connectivity index (χ2v) is 7.88. The number of carboxylic acids is 1. The molecule has 0 unspecified atom stereocenters. The van der Waals surface area contributed by atoms with Crippen LogP contribution in [0.1, 0.15) is 74.6 Å². The van der Waals surface area contributed by atoms with Gasteiger partial charge < -0.3 is 27.2 Å². The van der Waals surface area contributed by atoms with Gasteiger partial charge in [0.1, 0.15) is 5.56 Å². The zero-order valence-corrected chi connectivity index (χ0v) is 17.4. The van der Waals surface area contributed by atoms with Crippen LogP contribution < -0.4 is 22.1 Å². The number of carbonyl (C=O) groups excluding carboxylic acids is 2. The number of aromatic nitrogens is 1. The van der Waals surface area contributed by atoms with Gasteiger partial charge in [-0.2, -0.15) is 0 Å². The first-order valence-electron chi connectivity index (χ1n) is 10.7. The zero-order chi connectivity index (χ0) is 21.9. The molecule has 0 aliphatic heterocycles. The van der Waals surface area contributed by atoms with Gasteiger partial charge in [0.2, 0.25) is 11.8 Å². The highest BCUT2D eigenvalue weighted by Gasteiger charge is 2.25. The molecule has 0 saturated heterocycles. The molecular formula is C21H33N5O4. The first kappa shape index (κ1) is 23.6. The first-order valence-corrected chi connectivity index (χ1v) is 10.7. The van der Waals surface area contributed by atoms with E-state index in [9.17, 15) is 14.4 Å². The Hall–Kier alpha value is -2.68. The van der Waals surface area contributed by atoms with Crippen molar-refractivity contribution in [1.29, 1.82) is 0 Å². The van der Waals surface area contributed by atoms with Crippen LogP contribution >= 0.6 is 0 Å². The summed E-state index contributed by atoms with van der Waals surface area (Å²) in [7, 11) is 0. The predicted molar refractivity (Wildman–Crippen MR) is 115 cm³/mol. The summed E-state index contributed by atoms with van der Waals surface area (Å²) >= 11 is 0. The highest BCUT2D eigenvalue weighted by atomic mass is 16.4. The van der Waals surface area contributed by atoms with Crippen molar-refractivity contribution in [3.8, 4) is 0 Å². The van der Waals surface area contributed by atoms with Crippen molar-refractivity contribution in [2.75, 3.05) is 17.6 Å². The SMILES string of the molecule is Nc1c(NC(=O)CCCCCCNC(=O)[C@@H](N)C2CCCCC2)cncc1C(=O)O. The summed E-state index contributed by atoms with van der Waals surface area (Å²) in [6, 6.07) is -0.407. The van der Waals surface area contributed by atoms with Gasteiger partial charge in [-0.15, -0.1) is 0 Å². The fraction of sp³-hybridized carbons (Fsp3) is 0.619. The maximum absolute atomic E-state index is 12.1. The molecule has 0 bridgehead atoms. The fourth-order valence-corrected chi connectivity index (χ4v) is 3.75. The van der Waals surface area contributed by atoms with Crippen molar-refractivity contribution in [3.05, 3.63) is 18.0 Å². The van der Waals surface area contributed by atoms with Crippen molar-refractivity contribution >= 4 is 29.2 Å². The van der Waals surface area contributed by atoms with E-state index >= 15 is 0 Å². The number of amides is 2. The molecule has 30 heavy (non-hydrogen) atoms. The van der Waals surface area contributed by atoms with Gasteiger partial charge >= 0.3 is 5.97 Å². The van der Waals surface area contributed by atoms with Crippen molar-refractivity contribution in [2.24, 2.45) is 11.7 Å². The van der Waals surface area contributed by atoms with Crippen molar-refractivity contribution in [3.63, 3.8) is 0 Å². The molecule has 0 aromatic carbocycles. The average molecular weight is 420 g/mol. The van der Waals surface area contributed by atoms with E-state index in [1.807, 2.05) is 0 Å². The number of nitrogens with two attached hydrogens (primary N) is 2. The molecule has 1 aromatic rings. The molecule has 9 heteroatoms. The van der Waals surface area contributed by atoms with Gasteiger partial charge in [0, 0.05) is 19.2 Å². The van der Waals surface area contributed by atoms with E-state index in [1.54, 1.807) is 0 Å². The average Bonchev–Trinajstić information content (AvgIpc) is 2.74. The Morgan fingerprint density at radius 3 is 2.50 bits per heavy atom. The largest absolute Gasteiger partial charge is 0.478 e. The smallest absolute Gasteiger partial charge is 0.339 e. The minimum absolute atomic E-state index is 0.00646. The molecule has 1 saturated carbocycles. The Labute approximate surface area is 177 Å². The number of nitrogens with one attached hydrogen (secondary N) is 2. The zero-order valence-electron chi connectivity index (χ0n) is 17.4. The molecule has 1 aromatic heterocycles. The van der Waals surface area contributed by atoms with Gasteiger partial charge in [-0.05, 0) is 31.6 Å². The van der Waals surface area contributed by atoms with Crippen LogP contribution in [0.5, 0.6) is 0 Å². The number of pyridine rings is 1. The number of nitrogens with zero attached hydrogens (tertiary/aromatic N) is 1. The van der Waals surface area contributed by atoms with Gasteiger partial charge in [0.05, 0.1) is 23.6 Å². The van der Waals surface area contributed by atoms with Crippen molar-refractivity contribution in [2.45, 2.75) is 70.3 Å². The Kier molecular flexibility index (Phi) is 9.53. The van der Waals surface area contributed by atoms with Crippen LogP contribution in [0.2, 0.25) is 0 Å². The quantitative estimate of drug-likeness (QED) is 0.344. The molecule has 1 fully saturated rings. The Morgan fingerprint density at radius 1 is 1.10 bits per heavy atom. The molecule has 2 rings (SSSR count). The third-order valence-electron chi connectivity index (χ3n) is 5.58. The number of nitrogen functional groups attached to an aromatic ring is 1. The molecule has 1 aliphatic rings. The third-order valence-corrected chi connectivity index (χ3v) is 5.58. The summed E-state index contributed by atoms with van der Waals surface area (Å²) in [5.74, 6) is -1.19. The Bertz CT molecular complexity index is 734. The lowest BCUT2D eigenvalue weighted by Gasteiger charge is -2.26. The molecule has 0 spiro atoms. The van der Waals surface area contributed by atoms with E-state index in [2.05, 4.69) is 15.6 Å². The Balaban J connectivity index is 1.57. The van der Waals surface area contributed by atoms with E-state index in [0.29, 0.717) is 25.3 Å². The van der Waals surface area contributed by atoms with Gasteiger partial charge in [0.15, 0.2) is 0 Å². The Morgan fingerprint density at radius 2 is 1.80 bits per heavy atom. The summed E-state index contributed by atoms with van der Waals surface area (Å²) in [4.78, 5) is 39.0. The monoisotopic (exact) mass is 419 g/mol. The second-order valence-electron chi connectivity index (χ2n) is 7.88. The van der Waals surface area contributed by atoms with Crippen LogP contribution in [0, 0.1) is 5.92 Å². The van der Waals surface area contributed by atoms with Gasteiger partial charge in [-0.25, -0.2) is 4.79 Å². The van der Waals surface area contributed by atoms with Crippen molar-refractivity contribution in [1.82, 2.24) is 10.3 Å². The maximum atomic E-state index is 12.1. The van der Waals surface area contributed by atoms with Crippen LogP contribution in [-0.4, -0.2) is 40.5 Å². The number of hydrogen-bond donors (Lipinski definition) is 5. The molecule has 9 nitrogen and oxygen atoms in total. The number of carbonyl (C=O) groups is 3. The molecule has 7 N–H and O–H groups in total. The molecule has 1 heterocycles. The van der Waals surface area contributed by atoms with E-state index in [-0.39, 0.29) is 28.8 Å². The number of anilines is 2. The minimum atomic E-state index is -1.19. The summed E-state index contributed by atoms with van der Waals surface area (Å²) in [5.41, 5.74) is 11.9. The molecular weight excluding hydrogens is 386 g/mol. The summed E-state index contributed by atoms with van der Waals surface area (Å²) in [6.45, 7) is 0.593. The number of unbranched alkanes of at least 4 members (excludes halogenated alkanes) is 3. The normalized spacial score (nSPS) is 15.4. The molecule has 0 radical (unpaired) electrons. The summed E-state index contributed by atoms with van der Waals surface area (Å²) in [6.07, 6.45) is 11.7.